The van der Waals surface area contributed by atoms with Gasteiger partial charge in [0.15, 0.2) is 24.4 Å². The van der Waals surface area contributed by atoms with Gasteiger partial charge in [0.1, 0.15) is 54.3 Å². The van der Waals surface area contributed by atoms with Gasteiger partial charge in [0.2, 0.25) is 0 Å². The van der Waals surface area contributed by atoms with Crippen LogP contribution in [0, 0.1) is 11.8 Å². The molecule has 1 N–H and O–H groups in total. The van der Waals surface area contributed by atoms with E-state index in [4.69, 9.17) is 42.6 Å². The molecule has 2 saturated heterocycles. The number of nitrogens with one attached hydrogen (secondary N) is 1. The second kappa shape index (κ2) is 39.0. The molecule has 26 heteroatoms. The van der Waals surface area contributed by atoms with Crippen molar-refractivity contribution in [3.05, 3.63) is 131 Å². The van der Waals surface area contributed by atoms with Crippen molar-refractivity contribution in [1.82, 2.24) is 20.0 Å². The number of hydrogen-bond acceptors (Lipinski definition) is 21. The summed E-state index contributed by atoms with van der Waals surface area (Å²) in [6.45, 7) is 18.6. The molecule has 3 amide bonds. The monoisotopic (exact) mass is 1470 g/mol. The van der Waals surface area contributed by atoms with Crippen LogP contribution >= 0.6 is 0 Å². The fourth-order valence-electron chi connectivity index (χ4n) is 11.9. The molecule has 576 valence electrons. The fourth-order valence-corrected chi connectivity index (χ4v) is 11.9. The Labute approximate surface area is 616 Å². The third-order valence-corrected chi connectivity index (χ3v) is 18.3. The number of hydrogen-bond donors (Lipinski definition) is 1. The summed E-state index contributed by atoms with van der Waals surface area (Å²) in [6, 6.07) is 28.7. The maximum Gasteiger partial charge on any atom is 0.410 e. The third-order valence-electron chi connectivity index (χ3n) is 18.3. The molecule has 0 radical (unpaired) electrons. The molecular formula is C79H108F2N6O18. The van der Waals surface area contributed by atoms with Crippen molar-refractivity contribution >= 4 is 65.1 Å². The molecule has 4 aromatic rings. The minimum atomic E-state index is -1.91. The van der Waals surface area contributed by atoms with E-state index in [9.17, 15) is 47.5 Å². The molecule has 4 fully saturated rings. The van der Waals surface area contributed by atoms with E-state index >= 15 is 4.39 Å². The number of halogens is 2. The number of morpholine rings is 2. The van der Waals surface area contributed by atoms with E-state index < -0.39 is 126 Å². The number of benzene rings is 4. The first-order valence-corrected chi connectivity index (χ1v) is 36.3. The number of rotatable bonds is 34. The zero-order valence-electron chi connectivity index (χ0n) is 63.1. The minimum Gasteiger partial charge on any atom is -0.458 e. The maximum atomic E-state index is 15.2. The number of anilines is 2. The highest BCUT2D eigenvalue weighted by molar-refractivity contribution is 5.92. The maximum absolute atomic E-state index is 15.2. The van der Waals surface area contributed by atoms with Crippen LogP contribution in [0.1, 0.15) is 136 Å². The molecule has 2 heterocycles. The van der Waals surface area contributed by atoms with Crippen LogP contribution < -0.4 is 15.1 Å². The van der Waals surface area contributed by atoms with Crippen LogP contribution in [0.2, 0.25) is 0 Å². The van der Waals surface area contributed by atoms with E-state index in [1.807, 2.05) is 97.1 Å². The van der Waals surface area contributed by atoms with Gasteiger partial charge in [-0.3, -0.25) is 19.3 Å². The van der Waals surface area contributed by atoms with Crippen molar-refractivity contribution in [1.29, 1.82) is 0 Å². The number of amides is 3. The van der Waals surface area contributed by atoms with E-state index in [1.54, 1.807) is 32.9 Å². The van der Waals surface area contributed by atoms with Crippen molar-refractivity contribution in [3.63, 3.8) is 0 Å². The predicted octanol–water partition coefficient (Wildman–Crippen LogP) is 9.66. The molecule has 4 aliphatic rings. The summed E-state index contributed by atoms with van der Waals surface area (Å²) in [5.41, 5.74) is 0.427. The zero-order chi connectivity index (χ0) is 76.8. The smallest absolute Gasteiger partial charge is 0.410 e. The largest absolute Gasteiger partial charge is 0.458 e. The molecule has 0 unspecified atom stereocenters. The van der Waals surface area contributed by atoms with E-state index in [0.29, 0.717) is 38.4 Å². The average molecular weight is 1470 g/mol. The average Bonchev–Trinajstić information content (AvgIpc) is 1.49. The van der Waals surface area contributed by atoms with Gasteiger partial charge in [0, 0.05) is 84.4 Å². The minimum absolute atomic E-state index is 0.00434. The molecule has 105 heavy (non-hydrogen) atoms. The third kappa shape index (κ3) is 27.9. The van der Waals surface area contributed by atoms with E-state index in [2.05, 4.69) is 15.1 Å². The first kappa shape index (κ1) is 83.5. The van der Waals surface area contributed by atoms with E-state index in [1.165, 1.54) is 79.5 Å². The van der Waals surface area contributed by atoms with Gasteiger partial charge in [-0.25, -0.2) is 37.5 Å². The molecule has 0 bridgehead atoms. The van der Waals surface area contributed by atoms with Gasteiger partial charge in [-0.15, -0.1) is 0 Å². The lowest BCUT2D eigenvalue weighted by Crippen LogP contribution is -2.52. The number of alkyl halides is 2. The first-order valence-electron chi connectivity index (χ1n) is 36.3. The standard InChI is InChI=1S/C42H58FN3O10.C37H50FN3O8/c1-28(37(48)53-27-31-12-10-9-11-13-31)54-38(49)33(24-29-14-15-29)44(7)36(47)35(25-30-16-18-32(19-17-30)46-20-22-52-23-21-46)55-39(50)34(26-42(5,6)43)45(8)40(51)56-41(2,3)4;1-25(34(43)47-24-28-9-7-6-8-10-28)48-36(45)31(21-26-11-12-26)40(5)33(42)32(49-35(44)30(39-4)23-37(2,3)38)22-27-13-15-29(16-14-27)41-17-19-46-20-18-41/h9-13,16-19,28-29,33-35H,14-15,20-27H2,1-8H3;6-10,13-16,25-26,30-32,39H,11-12,17-24H2,1-5H3/t28-,33+,34+,35-;25-,30+,31+,32-/m11/s1. The Hall–Kier alpha value is -8.75. The van der Waals surface area contributed by atoms with Crippen LogP contribution in [0.5, 0.6) is 0 Å². The van der Waals surface area contributed by atoms with Gasteiger partial charge in [-0.2, -0.15) is 0 Å². The van der Waals surface area contributed by atoms with Gasteiger partial charge in [0.25, 0.3) is 11.8 Å². The van der Waals surface area contributed by atoms with E-state index in [-0.39, 0.29) is 50.7 Å². The Morgan fingerprint density at radius 1 is 0.476 bits per heavy atom. The second-order valence-corrected chi connectivity index (χ2v) is 29.7. The van der Waals surface area contributed by atoms with Crippen LogP contribution in [0.3, 0.4) is 0 Å². The highest BCUT2D eigenvalue weighted by Gasteiger charge is 2.44. The molecule has 4 aromatic carbocycles. The highest BCUT2D eigenvalue weighted by atomic mass is 19.1. The Morgan fingerprint density at radius 2 is 0.838 bits per heavy atom. The lowest BCUT2D eigenvalue weighted by molar-refractivity contribution is -0.174. The van der Waals surface area contributed by atoms with Crippen LogP contribution in [-0.2, 0) is 107 Å². The molecular weight excluding hydrogens is 1360 g/mol. The summed E-state index contributed by atoms with van der Waals surface area (Å²) in [6.07, 6.45) is -2.70. The molecule has 0 spiro atoms. The second-order valence-electron chi connectivity index (χ2n) is 29.7. The number of esters is 6. The quantitative estimate of drug-likeness (QED) is 0.0337. The van der Waals surface area contributed by atoms with Gasteiger partial charge in [-0.05, 0) is 141 Å². The number of carbonyl (C=O) groups is 9. The van der Waals surface area contributed by atoms with E-state index in [0.717, 1.165) is 84.8 Å². The van der Waals surface area contributed by atoms with Crippen LogP contribution in [0.15, 0.2) is 109 Å². The molecule has 24 nitrogen and oxygen atoms in total. The molecule has 8 atom stereocenters. The number of carbonyl (C=O) groups excluding carboxylic acids is 9. The summed E-state index contributed by atoms with van der Waals surface area (Å²) in [7, 11) is 5.73. The van der Waals surface area contributed by atoms with Gasteiger partial charge >= 0.3 is 41.9 Å². The van der Waals surface area contributed by atoms with Crippen molar-refractivity contribution in [2.45, 2.75) is 205 Å². The Morgan fingerprint density at radius 3 is 1.18 bits per heavy atom. The highest BCUT2D eigenvalue weighted by Crippen LogP contribution is 2.37. The molecule has 2 aliphatic heterocycles. The molecule has 2 aliphatic carbocycles. The molecule has 2 saturated carbocycles. The first-order chi connectivity index (χ1) is 49.6. The number of nitrogens with zero attached hydrogens (tertiary/aromatic N) is 5. The lowest BCUT2D eigenvalue weighted by Gasteiger charge is -2.34. The van der Waals surface area contributed by atoms with Gasteiger partial charge in [-0.1, -0.05) is 111 Å². The Bertz CT molecular complexity index is 3480. The van der Waals surface area contributed by atoms with Crippen LogP contribution in [-0.4, -0.2) is 215 Å². The summed E-state index contributed by atoms with van der Waals surface area (Å²) in [5, 5.41) is 2.79. The van der Waals surface area contributed by atoms with Crippen molar-refractivity contribution in [2.75, 3.05) is 90.6 Å². The lowest BCUT2D eigenvalue weighted by atomic mass is 9.99. The predicted molar refractivity (Wildman–Crippen MR) is 388 cm³/mol. The Kier molecular flexibility index (Phi) is 31.0. The number of likely N-dealkylation sites (N-methyl/N-ethyl adjacent to an activating group) is 4. The summed E-state index contributed by atoms with van der Waals surface area (Å²) < 4.78 is 79.7. The van der Waals surface area contributed by atoms with Crippen molar-refractivity contribution < 1.29 is 94.6 Å². The molecule has 0 aromatic heterocycles. The van der Waals surface area contributed by atoms with Crippen LogP contribution in [0.4, 0.5) is 25.0 Å². The van der Waals surface area contributed by atoms with Crippen molar-refractivity contribution in [2.24, 2.45) is 11.8 Å². The SMILES string of the molecule is CN[C@@H](CC(C)(C)F)C(=O)O[C@H](Cc1ccc(N2CCOCC2)cc1)C(=O)N(C)[C@@H](CC1CC1)C(=O)O[C@H](C)C(=O)OCc1ccccc1.C[C@@H](OC(=O)[C@H](CC1CC1)N(C)C(=O)[C@@H](Cc1ccc(N2CCOCC2)cc1)OC(=O)[C@H](CC(C)(C)F)N(C)C(=O)OC(C)(C)C)C(=O)OCc1ccccc1. The van der Waals surface area contributed by atoms with Gasteiger partial charge in [0.05, 0.1) is 26.4 Å². The molecule has 8 rings (SSSR count). The summed E-state index contributed by atoms with van der Waals surface area (Å²) in [4.78, 5) is 130. The topological polar surface area (TPSA) is 265 Å². The Balaban J connectivity index is 0.000000296. The van der Waals surface area contributed by atoms with Gasteiger partial charge < -0.3 is 67.5 Å². The fraction of sp³-hybridized carbons (Fsp3) is 0.582. The summed E-state index contributed by atoms with van der Waals surface area (Å²) >= 11 is 0. The number of ether oxygens (including phenoxy) is 9. The summed E-state index contributed by atoms with van der Waals surface area (Å²) in [5.74, 6) is -5.77. The zero-order valence-corrected chi connectivity index (χ0v) is 63.1. The van der Waals surface area contributed by atoms with Crippen molar-refractivity contribution in [3.8, 4) is 0 Å². The normalized spacial score (nSPS) is 17.0. The van der Waals surface area contributed by atoms with Crippen LogP contribution in [0.25, 0.3) is 0 Å².